The first kappa shape index (κ1) is 26.8. The third kappa shape index (κ3) is 6.09. The van der Waals surface area contributed by atoms with Gasteiger partial charge in [0.15, 0.2) is 0 Å². The summed E-state index contributed by atoms with van der Waals surface area (Å²) in [5.74, 6) is -0.233. The minimum absolute atomic E-state index is 0.233. The van der Waals surface area contributed by atoms with Crippen molar-refractivity contribution < 1.29 is 13.2 Å². The number of hydrogen-bond donors (Lipinski definition) is 1. The molecule has 1 aromatic carbocycles. The Morgan fingerprint density at radius 2 is 1.95 bits per heavy atom. The Balaban J connectivity index is 1.40. The van der Waals surface area contributed by atoms with Gasteiger partial charge < -0.3 is 10.2 Å². The van der Waals surface area contributed by atoms with Crippen LogP contribution in [0.5, 0.6) is 0 Å². The number of benzene rings is 1. The number of nitrogens with one attached hydrogen (secondary N) is 1. The highest BCUT2D eigenvalue weighted by atomic mass is 35.5. The molecule has 0 radical (unpaired) electrons. The number of carbonyl (C=O) groups is 1. The Morgan fingerprint density at radius 1 is 1.13 bits per heavy atom. The third-order valence-electron chi connectivity index (χ3n) is 7.29. The topological polar surface area (TPSA) is 100 Å². The average molecular weight is 557 g/mol. The summed E-state index contributed by atoms with van der Waals surface area (Å²) in [5, 5.41) is 8.44. The lowest BCUT2D eigenvalue weighted by molar-refractivity contribution is 0.0950. The standard InChI is InChI=1S/C27H33ClN6O3S/c1-38(36,37)33-15-9-25-23(19-33)26(31-34(25)14-5-13-32-11-2-3-12-32)20-7-8-24(28)22(16-20)18-30-27(35)21-6-4-10-29-17-21/h4,6-8,10,16-17H,2-3,5,9,11-15,18-19H2,1H3,(H,30,35). The Labute approximate surface area is 228 Å². The van der Waals surface area contributed by atoms with Crippen molar-refractivity contribution in [3.05, 3.63) is 70.1 Å². The number of amides is 1. The number of rotatable bonds is 9. The summed E-state index contributed by atoms with van der Waals surface area (Å²) in [4.78, 5) is 19.0. The van der Waals surface area contributed by atoms with Crippen molar-refractivity contribution in [1.29, 1.82) is 0 Å². The second-order valence-corrected chi connectivity index (χ2v) is 12.4. The SMILES string of the molecule is CS(=O)(=O)N1CCc2c(c(-c3ccc(Cl)c(CNC(=O)c4cccnc4)c3)nn2CCCN2CCCC2)C1. The first-order valence-corrected chi connectivity index (χ1v) is 15.3. The first-order valence-electron chi connectivity index (χ1n) is 13.0. The maximum absolute atomic E-state index is 12.5. The average Bonchev–Trinajstić information content (AvgIpc) is 3.56. The molecule has 2 aromatic heterocycles. The van der Waals surface area contributed by atoms with Crippen LogP contribution in [-0.2, 0) is 36.1 Å². The lowest BCUT2D eigenvalue weighted by Gasteiger charge is -2.26. The number of sulfonamides is 1. The van der Waals surface area contributed by atoms with Gasteiger partial charge in [-0.15, -0.1) is 0 Å². The molecule has 202 valence electrons. The summed E-state index contributed by atoms with van der Waals surface area (Å²) in [7, 11) is -3.33. The van der Waals surface area contributed by atoms with E-state index in [0.717, 1.165) is 60.7 Å². The fourth-order valence-corrected chi connectivity index (χ4v) is 6.22. The van der Waals surface area contributed by atoms with Crippen molar-refractivity contribution in [2.24, 2.45) is 0 Å². The van der Waals surface area contributed by atoms with Gasteiger partial charge in [0.05, 0.1) is 17.5 Å². The van der Waals surface area contributed by atoms with Gasteiger partial charge in [0.25, 0.3) is 5.91 Å². The van der Waals surface area contributed by atoms with E-state index >= 15 is 0 Å². The van der Waals surface area contributed by atoms with Crippen LogP contribution in [0.2, 0.25) is 5.02 Å². The zero-order valence-electron chi connectivity index (χ0n) is 21.6. The third-order valence-corrected chi connectivity index (χ3v) is 8.91. The van der Waals surface area contributed by atoms with Gasteiger partial charge in [-0.05, 0) is 68.7 Å². The van der Waals surface area contributed by atoms with Gasteiger partial charge in [-0.2, -0.15) is 9.40 Å². The molecule has 2 aliphatic heterocycles. The van der Waals surface area contributed by atoms with Crippen LogP contribution in [0.25, 0.3) is 11.3 Å². The van der Waals surface area contributed by atoms with E-state index < -0.39 is 10.0 Å². The predicted octanol–water partition coefficient (Wildman–Crippen LogP) is 3.33. The van der Waals surface area contributed by atoms with Crippen molar-refractivity contribution in [3.63, 3.8) is 0 Å². The molecule has 0 unspecified atom stereocenters. The largest absolute Gasteiger partial charge is 0.348 e. The molecule has 0 bridgehead atoms. The van der Waals surface area contributed by atoms with E-state index in [4.69, 9.17) is 16.7 Å². The van der Waals surface area contributed by atoms with Crippen LogP contribution >= 0.6 is 11.6 Å². The molecule has 1 N–H and O–H groups in total. The molecule has 11 heteroatoms. The van der Waals surface area contributed by atoms with E-state index in [2.05, 4.69) is 19.9 Å². The molecule has 5 rings (SSSR count). The summed E-state index contributed by atoms with van der Waals surface area (Å²) in [6.07, 6.45) is 8.55. The molecule has 38 heavy (non-hydrogen) atoms. The minimum atomic E-state index is -3.33. The molecule has 2 aliphatic rings. The molecule has 0 spiro atoms. The number of halogens is 1. The number of hydrogen-bond acceptors (Lipinski definition) is 6. The first-order chi connectivity index (χ1) is 18.3. The van der Waals surface area contributed by atoms with E-state index in [1.54, 1.807) is 24.4 Å². The van der Waals surface area contributed by atoms with Crippen LogP contribution in [-0.4, -0.2) is 70.7 Å². The molecule has 3 aromatic rings. The van der Waals surface area contributed by atoms with Crippen LogP contribution in [0, 0.1) is 0 Å². The quantitative estimate of drug-likeness (QED) is 0.434. The number of aromatic nitrogens is 3. The van der Waals surface area contributed by atoms with E-state index in [1.807, 2.05) is 12.1 Å². The van der Waals surface area contributed by atoms with Crippen molar-refractivity contribution in [2.75, 3.05) is 32.4 Å². The zero-order valence-corrected chi connectivity index (χ0v) is 23.1. The number of likely N-dealkylation sites (tertiary alicyclic amines) is 1. The summed E-state index contributed by atoms with van der Waals surface area (Å²) in [6, 6.07) is 9.07. The van der Waals surface area contributed by atoms with Crippen LogP contribution in [0.1, 0.15) is 46.4 Å². The second kappa shape index (κ2) is 11.5. The highest BCUT2D eigenvalue weighted by Gasteiger charge is 2.30. The number of pyridine rings is 1. The molecule has 1 fully saturated rings. The van der Waals surface area contributed by atoms with E-state index in [-0.39, 0.29) is 12.5 Å². The number of carbonyl (C=O) groups excluding carboxylic acids is 1. The smallest absolute Gasteiger partial charge is 0.253 e. The summed E-state index contributed by atoms with van der Waals surface area (Å²) in [6.45, 7) is 5.16. The van der Waals surface area contributed by atoms with E-state index in [9.17, 15) is 13.2 Å². The van der Waals surface area contributed by atoms with Crippen LogP contribution in [0.15, 0.2) is 42.7 Å². The van der Waals surface area contributed by atoms with Crippen molar-refractivity contribution >= 4 is 27.5 Å². The van der Waals surface area contributed by atoms with Crippen LogP contribution < -0.4 is 5.32 Å². The normalized spacial score (nSPS) is 16.5. The Hall–Kier alpha value is -2.79. The molecule has 4 heterocycles. The van der Waals surface area contributed by atoms with Gasteiger partial charge in [-0.25, -0.2) is 8.42 Å². The number of fused-ring (bicyclic) bond motifs is 1. The van der Waals surface area contributed by atoms with Gasteiger partial charge in [-0.3, -0.25) is 14.5 Å². The van der Waals surface area contributed by atoms with Crippen LogP contribution in [0.3, 0.4) is 0 Å². The Kier molecular flexibility index (Phi) is 8.13. The number of aryl methyl sites for hydroxylation is 1. The highest BCUT2D eigenvalue weighted by Crippen LogP contribution is 2.33. The molecule has 0 atom stereocenters. The van der Waals surface area contributed by atoms with Gasteiger partial charge in [0.1, 0.15) is 0 Å². The second-order valence-electron chi connectivity index (χ2n) is 9.98. The zero-order chi connectivity index (χ0) is 26.7. The van der Waals surface area contributed by atoms with E-state index in [0.29, 0.717) is 30.1 Å². The Morgan fingerprint density at radius 3 is 2.68 bits per heavy atom. The molecule has 9 nitrogen and oxygen atoms in total. The molecular weight excluding hydrogens is 524 g/mol. The van der Waals surface area contributed by atoms with E-state index in [1.165, 1.54) is 29.6 Å². The monoisotopic (exact) mass is 556 g/mol. The lowest BCUT2D eigenvalue weighted by atomic mass is 10.0. The van der Waals surface area contributed by atoms with Gasteiger partial charge in [0, 0.05) is 66.8 Å². The lowest BCUT2D eigenvalue weighted by Crippen LogP contribution is -2.35. The predicted molar refractivity (Wildman–Crippen MR) is 147 cm³/mol. The Bertz CT molecular complexity index is 1400. The maximum atomic E-state index is 12.5. The molecule has 1 amide bonds. The summed E-state index contributed by atoms with van der Waals surface area (Å²) < 4.78 is 28.3. The van der Waals surface area contributed by atoms with Gasteiger partial charge >= 0.3 is 0 Å². The van der Waals surface area contributed by atoms with Crippen LogP contribution in [0.4, 0.5) is 0 Å². The maximum Gasteiger partial charge on any atom is 0.253 e. The highest BCUT2D eigenvalue weighted by molar-refractivity contribution is 7.88. The minimum Gasteiger partial charge on any atom is -0.348 e. The fourth-order valence-electron chi connectivity index (χ4n) is 5.25. The summed E-state index contributed by atoms with van der Waals surface area (Å²) in [5.41, 5.74) is 4.89. The summed E-state index contributed by atoms with van der Waals surface area (Å²) >= 11 is 6.49. The molecular formula is C27H33ClN6O3S. The van der Waals surface area contributed by atoms with Crippen molar-refractivity contribution in [1.82, 2.24) is 29.3 Å². The fraction of sp³-hybridized carbons (Fsp3) is 0.444. The van der Waals surface area contributed by atoms with Crippen molar-refractivity contribution in [2.45, 2.75) is 45.3 Å². The van der Waals surface area contributed by atoms with Gasteiger partial charge in [-0.1, -0.05) is 17.7 Å². The van der Waals surface area contributed by atoms with Gasteiger partial charge in [0.2, 0.25) is 10.0 Å². The van der Waals surface area contributed by atoms with Crippen molar-refractivity contribution in [3.8, 4) is 11.3 Å². The molecule has 1 saturated heterocycles. The molecule has 0 aliphatic carbocycles. The number of nitrogens with zero attached hydrogens (tertiary/aromatic N) is 5. The molecule has 0 saturated carbocycles.